The van der Waals surface area contributed by atoms with Gasteiger partial charge in [-0.3, -0.25) is 4.79 Å². The maximum atomic E-state index is 10.5. The number of carboxylic acid groups (broad SMARTS) is 1. The molecule has 0 aliphatic carbocycles. The molecular weight excluding hydrogens is 228 g/mol. The Kier molecular flexibility index (Phi) is 4.17. The van der Waals surface area contributed by atoms with Crippen molar-refractivity contribution in [2.75, 3.05) is 14.2 Å². The van der Waals surface area contributed by atoms with Gasteiger partial charge >= 0.3 is 5.97 Å². The largest absolute Gasteiger partial charge is 0.502 e. The summed E-state index contributed by atoms with van der Waals surface area (Å²) in [6, 6.07) is 2.73. The summed E-state index contributed by atoms with van der Waals surface area (Å²) < 4.78 is 9.79. The lowest BCUT2D eigenvalue weighted by atomic mass is 10.1. The number of aliphatic hydroxyl groups is 1. The summed E-state index contributed by atoms with van der Waals surface area (Å²) in [6.45, 7) is 0. The number of methoxy groups -OCH3 is 2. The Morgan fingerprint density at radius 2 is 1.76 bits per heavy atom. The molecule has 0 aromatic heterocycles. The van der Waals surface area contributed by atoms with Crippen LogP contribution in [0.3, 0.4) is 0 Å². The van der Waals surface area contributed by atoms with Gasteiger partial charge in [0.05, 0.1) is 26.7 Å². The van der Waals surface area contributed by atoms with Crippen LogP contribution in [0.2, 0.25) is 0 Å². The predicted octanol–water partition coefficient (Wildman–Crippen LogP) is 0.917. The minimum Gasteiger partial charge on any atom is -0.502 e. The number of aliphatic carboxylic acids is 1. The smallest absolute Gasteiger partial charge is 0.306 e. The highest BCUT2D eigenvalue weighted by Crippen LogP contribution is 2.39. The Bertz CT molecular complexity index is 389. The fraction of sp³-hybridized carbons (Fsp3) is 0.364. The fourth-order valence-corrected chi connectivity index (χ4v) is 1.39. The second kappa shape index (κ2) is 5.40. The van der Waals surface area contributed by atoms with Gasteiger partial charge in [0.2, 0.25) is 5.75 Å². The lowest BCUT2D eigenvalue weighted by Crippen LogP contribution is -2.06. The third-order valence-corrected chi connectivity index (χ3v) is 2.25. The number of benzene rings is 1. The summed E-state index contributed by atoms with van der Waals surface area (Å²) in [7, 11) is 2.70. The lowest BCUT2D eigenvalue weighted by Gasteiger charge is -2.14. The lowest BCUT2D eigenvalue weighted by molar-refractivity contribution is -0.139. The molecule has 0 radical (unpaired) electrons. The minimum absolute atomic E-state index is 0.115. The van der Waals surface area contributed by atoms with Crippen LogP contribution in [0.25, 0.3) is 0 Å². The zero-order valence-electron chi connectivity index (χ0n) is 9.51. The van der Waals surface area contributed by atoms with Crippen molar-refractivity contribution >= 4 is 5.97 Å². The number of phenolic OH excluding ortho intramolecular Hbond substituents is 1. The Labute approximate surface area is 98.0 Å². The minimum atomic E-state index is -1.18. The van der Waals surface area contributed by atoms with Crippen molar-refractivity contribution in [2.45, 2.75) is 12.5 Å². The van der Waals surface area contributed by atoms with E-state index in [1.54, 1.807) is 0 Å². The van der Waals surface area contributed by atoms with E-state index in [2.05, 4.69) is 0 Å². The SMILES string of the molecule is COc1cc([C@H](O)CC(=O)O)cc(OC)c1O. The van der Waals surface area contributed by atoms with Gasteiger partial charge < -0.3 is 24.8 Å². The Balaban J connectivity index is 3.12. The molecular formula is C11H14O6. The number of aliphatic hydroxyl groups excluding tert-OH is 1. The monoisotopic (exact) mass is 242 g/mol. The molecule has 17 heavy (non-hydrogen) atoms. The van der Waals surface area contributed by atoms with Gasteiger partial charge in [0.15, 0.2) is 11.5 Å². The maximum Gasteiger partial charge on any atom is 0.306 e. The summed E-state index contributed by atoms with van der Waals surface area (Å²) in [5.41, 5.74) is 0.305. The van der Waals surface area contributed by atoms with Crippen molar-refractivity contribution in [3.8, 4) is 17.2 Å². The average molecular weight is 242 g/mol. The van der Waals surface area contributed by atoms with Crippen LogP contribution >= 0.6 is 0 Å². The van der Waals surface area contributed by atoms with Crippen LogP contribution in [-0.2, 0) is 4.79 Å². The van der Waals surface area contributed by atoms with Crippen LogP contribution < -0.4 is 9.47 Å². The number of carbonyl (C=O) groups is 1. The molecule has 0 aliphatic rings. The van der Waals surface area contributed by atoms with Crippen molar-refractivity contribution < 1.29 is 29.6 Å². The molecule has 1 atom stereocenters. The first kappa shape index (κ1) is 13.1. The quantitative estimate of drug-likeness (QED) is 0.710. The van der Waals surface area contributed by atoms with Crippen LogP contribution in [0, 0.1) is 0 Å². The third kappa shape index (κ3) is 3.01. The molecule has 1 aromatic rings. The highest BCUT2D eigenvalue weighted by Gasteiger charge is 2.18. The summed E-state index contributed by atoms with van der Waals surface area (Å²) >= 11 is 0. The van der Waals surface area contributed by atoms with Gasteiger partial charge in [-0.25, -0.2) is 0 Å². The normalized spacial score (nSPS) is 11.9. The summed E-state index contributed by atoms with van der Waals surface area (Å²) in [5, 5.41) is 27.9. The highest BCUT2D eigenvalue weighted by molar-refractivity contribution is 5.68. The number of phenols is 1. The van der Waals surface area contributed by atoms with Crippen molar-refractivity contribution in [1.29, 1.82) is 0 Å². The topological polar surface area (TPSA) is 96.2 Å². The molecule has 0 heterocycles. The molecule has 0 saturated heterocycles. The molecule has 6 heteroatoms. The van der Waals surface area contributed by atoms with Gasteiger partial charge in [-0.15, -0.1) is 0 Å². The zero-order valence-corrected chi connectivity index (χ0v) is 9.51. The molecule has 3 N–H and O–H groups in total. The van der Waals surface area contributed by atoms with E-state index in [0.29, 0.717) is 5.56 Å². The summed E-state index contributed by atoms with van der Waals surface area (Å²) in [4.78, 5) is 10.5. The van der Waals surface area contributed by atoms with Crippen LogP contribution in [0.1, 0.15) is 18.1 Å². The van der Waals surface area contributed by atoms with Crippen molar-refractivity contribution in [3.05, 3.63) is 17.7 Å². The van der Waals surface area contributed by atoms with Crippen LogP contribution in [-0.4, -0.2) is 35.5 Å². The molecule has 0 aliphatic heterocycles. The number of carboxylic acids is 1. The first-order valence-corrected chi connectivity index (χ1v) is 4.84. The van der Waals surface area contributed by atoms with Crippen LogP contribution in [0.5, 0.6) is 17.2 Å². The van der Waals surface area contributed by atoms with Gasteiger partial charge in [-0.2, -0.15) is 0 Å². The van der Waals surface area contributed by atoms with E-state index in [9.17, 15) is 15.0 Å². The molecule has 1 aromatic carbocycles. The zero-order chi connectivity index (χ0) is 13.0. The first-order chi connectivity index (χ1) is 7.99. The molecule has 6 nitrogen and oxygen atoms in total. The van der Waals surface area contributed by atoms with E-state index in [1.165, 1.54) is 26.4 Å². The van der Waals surface area contributed by atoms with Crippen LogP contribution in [0.15, 0.2) is 12.1 Å². The molecule has 1 rings (SSSR count). The Morgan fingerprint density at radius 1 is 1.29 bits per heavy atom. The van der Waals surface area contributed by atoms with Crippen molar-refractivity contribution in [3.63, 3.8) is 0 Å². The van der Waals surface area contributed by atoms with Crippen molar-refractivity contribution in [2.24, 2.45) is 0 Å². The van der Waals surface area contributed by atoms with E-state index in [-0.39, 0.29) is 17.2 Å². The van der Waals surface area contributed by atoms with Crippen LogP contribution in [0.4, 0.5) is 0 Å². The highest BCUT2D eigenvalue weighted by atomic mass is 16.5. The third-order valence-electron chi connectivity index (χ3n) is 2.25. The second-order valence-corrected chi connectivity index (χ2v) is 3.39. The number of rotatable bonds is 5. The first-order valence-electron chi connectivity index (χ1n) is 4.84. The summed E-state index contributed by atoms with van der Waals surface area (Å²) in [5.74, 6) is -1.09. The number of aromatic hydroxyl groups is 1. The number of hydrogen-bond donors (Lipinski definition) is 3. The van der Waals surface area contributed by atoms with Crippen molar-refractivity contribution in [1.82, 2.24) is 0 Å². The maximum absolute atomic E-state index is 10.5. The molecule has 0 fully saturated rings. The molecule has 0 amide bonds. The van der Waals surface area contributed by atoms with Gasteiger partial charge in [0, 0.05) is 0 Å². The average Bonchev–Trinajstić information content (AvgIpc) is 2.28. The number of hydrogen-bond acceptors (Lipinski definition) is 5. The second-order valence-electron chi connectivity index (χ2n) is 3.39. The molecule has 0 saturated carbocycles. The van der Waals surface area contributed by atoms with E-state index in [4.69, 9.17) is 14.6 Å². The Morgan fingerprint density at radius 3 is 2.12 bits per heavy atom. The molecule has 94 valence electrons. The van der Waals surface area contributed by atoms with E-state index in [0.717, 1.165) is 0 Å². The summed E-state index contributed by atoms with van der Waals surface area (Å²) in [6.07, 6.45) is -1.62. The van der Waals surface area contributed by atoms with E-state index in [1.807, 2.05) is 0 Å². The standard InChI is InChI=1S/C11H14O6/c1-16-8-3-6(7(12)5-10(13)14)4-9(17-2)11(8)15/h3-4,7,12,15H,5H2,1-2H3,(H,13,14)/t7-/m1/s1. The van der Waals surface area contributed by atoms with Gasteiger partial charge in [0.1, 0.15) is 0 Å². The van der Waals surface area contributed by atoms with E-state index < -0.39 is 18.5 Å². The van der Waals surface area contributed by atoms with Gasteiger partial charge in [-0.05, 0) is 17.7 Å². The fourth-order valence-electron chi connectivity index (χ4n) is 1.39. The molecule has 0 unspecified atom stereocenters. The molecule has 0 bridgehead atoms. The van der Waals surface area contributed by atoms with E-state index >= 15 is 0 Å². The molecule has 0 spiro atoms. The predicted molar refractivity (Wildman–Crippen MR) is 58.4 cm³/mol. The Hall–Kier alpha value is -1.95. The van der Waals surface area contributed by atoms with Gasteiger partial charge in [0.25, 0.3) is 0 Å². The van der Waals surface area contributed by atoms with Gasteiger partial charge in [-0.1, -0.05) is 0 Å². The number of ether oxygens (including phenoxy) is 2.